The van der Waals surface area contributed by atoms with E-state index in [1.807, 2.05) is 0 Å². The molecule has 3 saturated carbocycles. The Labute approximate surface area is 162 Å². The lowest BCUT2D eigenvalue weighted by Crippen LogP contribution is -2.58. The van der Waals surface area contributed by atoms with Crippen LogP contribution in [0.25, 0.3) is 0 Å². The molecule has 0 amide bonds. The highest BCUT2D eigenvalue weighted by Crippen LogP contribution is 2.68. The van der Waals surface area contributed by atoms with Gasteiger partial charge in [0.15, 0.2) is 11.6 Å². The summed E-state index contributed by atoms with van der Waals surface area (Å²) < 4.78 is 25.1. The topological polar surface area (TPSA) is 60.7 Å². The van der Waals surface area contributed by atoms with E-state index in [-0.39, 0.29) is 11.2 Å². The zero-order chi connectivity index (χ0) is 18.5. The summed E-state index contributed by atoms with van der Waals surface area (Å²) in [6.07, 6.45) is 9.43. The molecule has 5 rings (SSSR count). The smallest absolute Gasteiger partial charge is 0.174 e. The molecule has 5 fully saturated rings. The quantitative estimate of drug-likeness (QED) is 0.746. The fourth-order valence-electron chi connectivity index (χ4n) is 7.96. The van der Waals surface area contributed by atoms with Crippen LogP contribution in [0.5, 0.6) is 0 Å². The highest BCUT2D eigenvalue weighted by molar-refractivity contribution is 5.13. The van der Waals surface area contributed by atoms with E-state index in [1.165, 1.54) is 25.7 Å². The Morgan fingerprint density at radius 3 is 2.30 bits per heavy atom. The predicted octanol–water partition coefficient (Wildman–Crippen LogP) is 4.02. The van der Waals surface area contributed by atoms with Gasteiger partial charge in [0.2, 0.25) is 0 Å². The summed E-state index contributed by atoms with van der Waals surface area (Å²) in [6, 6.07) is 2.37. The summed E-state index contributed by atoms with van der Waals surface area (Å²) in [4.78, 5) is 0. The molecule has 5 nitrogen and oxygen atoms in total. The summed E-state index contributed by atoms with van der Waals surface area (Å²) >= 11 is 0. The van der Waals surface area contributed by atoms with Crippen molar-refractivity contribution in [1.29, 1.82) is 5.26 Å². The number of nitriles is 1. The van der Waals surface area contributed by atoms with Crippen LogP contribution < -0.4 is 0 Å². The Balaban J connectivity index is 1.46. The van der Waals surface area contributed by atoms with Gasteiger partial charge in [-0.05, 0) is 56.3 Å². The van der Waals surface area contributed by atoms with Crippen molar-refractivity contribution in [2.75, 3.05) is 26.4 Å². The Hall–Kier alpha value is -0.670. The Bertz CT molecular complexity index is 604. The lowest BCUT2D eigenvalue weighted by molar-refractivity contribution is -0.275. The van der Waals surface area contributed by atoms with Crippen molar-refractivity contribution >= 4 is 0 Å². The van der Waals surface area contributed by atoms with E-state index in [1.54, 1.807) is 0 Å². The highest BCUT2D eigenvalue weighted by atomic mass is 16.7. The van der Waals surface area contributed by atoms with Crippen molar-refractivity contribution in [2.45, 2.75) is 76.3 Å². The Kier molecular flexibility index (Phi) is 4.55. The summed E-state index contributed by atoms with van der Waals surface area (Å²) in [5.41, 5.74) is 0.173. The monoisotopic (exact) mass is 375 g/mol. The molecule has 150 valence electrons. The average Bonchev–Trinajstić information content (AvgIpc) is 3.43. The van der Waals surface area contributed by atoms with Gasteiger partial charge in [-0.15, -0.1) is 0 Å². The molecular weight excluding hydrogens is 342 g/mol. The maximum Gasteiger partial charge on any atom is 0.174 e. The number of fused-ring (bicyclic) bond motifs is 4. The summed E-state index contributed by atoms with van der Waals surface area (Å²) in [7, 11) is 0. The van der Waals surface area contributed by atoms with Gasteiger partial charge in [0.05, 0.1) is 32.5 Å². The van der Waals surface area contributed by atoms with Crippen LogP contribution in [-0.4, -0.2) is 38.0 Å². The van der Waals surface area contributed by atoms with E-state index in [4.69, 9.17) is 18.9 Å². The third-order valence-corrected chi connectivity index (χ3v) is 8.88. The first-order chi connectivity index (χ1) is 13.2. The minimum Gasteiger partial charge on any atom is -0.347 e. The minimum absolute atomic E-state index is 0.173. The maximum atomic E-state index is 9.23. The van der Waals surface area contributed by atoms with Crippen LogP contribution in [0.1, 0.15) is 64.7 Å². The van der Waals surface area contributed by atoms with Gasteiger partial charge >= 0.3 is 0 Å². The second-order valence-electron chi connectivity index (χ2n) is 9.32. The fourth-order valence-corrected chi connectivity index (χ4v) is 7.96. The molecule has 27 heavy (non-hydrogen) atoms. The molecule has 0 N–H and O–H groups in total. The molecule has 0 aromatic rings. The van der Waals surface area contributed by atoms with Crippen molar-refractivity contribution in [3.8, 4) is 6.07 Å². The molecule has 5 heteroatoms. The van der Waals surface area contributed by atoms with Gasteiger partial charge in [0.25, 0.3) is 0 Å². The van der Waals surface area contributed by atoms with Crippen LogP contribution >= 0.6 is 0 Å². The van der Waals surface area contributed by atoms with E-state index in [9.17, 15) is 5.26 Å². The summed E-state index contributed by atoms with van der Waals surface area (Å²) in [5, 5.41) is 9.23. The van der Waals surface area contributed by atoms with Crippen LogP contribution in [0, 0.1) is 40.4 Å². The van der Waals surface area contributed by atoms with Crippen molar-refractivity contribution in [3.63, 3.8) is 0 Å². The van der Waals surface area contributed by atoms with Crippen molar-refractivity contribution in [1.82, 2.24) is 0 Å². The Morgan fingerprint density at radius 1 is 0.889 bits per heavy atom. The van der Waals surface area contributed by atoms with Gasteiger partial charge in [0.1, 0.15) is 0 Å². The van der Waals surface area contributed by atoms with Crippen LogP contribution in [0.4, 0.5) is 0 Å². The van der Waals surface area contributed by atoms with Crippen molar-refractivity contribution in [2.24, 2.45) is 29.1 Å². The molecule has 3 aliphatic carbocycles. The summed E-state index contributed by atoms with van der Waals surface area (Å²) in [6.45, 7) is 5.24. The molecule has 0 radical (unpaired) electrons. The van der Waals surface area contributed by atoms with Gasteiger partial charge in [-0.3, -0.25) is 0 Å². The van der Waals surface area contributed by atoms with E-state index >= 15 is 0 Å². The third-order valence-electron chi connectivity index (χ3n) is 8.88. The fraction of sp³-hybridized carbons (Fsp3) is 0.955. The van der Waals surface area contributed by atoms with Crippen molar-refractivity contribution < 1.29 is 18.9 Å². The third kappa shape index (κ3) is 2.43. The number of hydrogen-bond acceptors (Lipinski definition) is 5. The second-order valence-corrected chi connectivity index (χ2v) is 9.32. The van der Waals surface area contributed by atoms with Crippen molar-refractivity contribution in [3.05, 3.63) is 0 Å². The summed E-state index contributed by atoms with van der Waals surface area (Å²) in [5.74, 6) is 1.58. The van der Waals surface area contributed by atoms with Gasteiger partial charge in [-0.25, -0.2) is 0 Å². The molecule has 0 aromatic heterocycles. The first kappa shape index (κ1) is 18.4. The lowest BCUT2D eigenvalue weighted by atomic mass is 9.50. The van der Waals surface area contributed by atoms with Crippen LogP contribution in [0.15, 0.2) is 0 Å². The van der Waals surface area contributed by atoms with Crippen LogP contribution in [-0.2, 0) is 18.9 Å². The van der Waals surface area contributed by atoms with Crippen LogP contribution in [0.3, 0.4) is 0 Å². The Morgan fingerprint density at radius 2 is 1.59 bits per heavy atom. The highest BCUT2D eigenvalue weighted by Gasteiger charge is 2.68. The molecule has 5 aliphatic rings. The maximum absolute atomic E-state index is 9.23. The molecule has 0 aromatic carbocycles. The molecule has 2 spiro atoms. The molecule has 2 aliphatic heterocycles. The van der Waals surface area contributed by atoms with E-state index < -0.39 is 5.79 Å². The minimum atomic E-state index is -0.416. The SMILES string of the molecule is CCC12CC[C@@H]3C(CCC#N)C4(CC[C@H]3[C@@H]1CCC21OCCO1)OCCO4. The molecular formula is C22H33NO4. The standard InChI is InChI=1S/C22H33NO4/c1-2-20-8-5-17-16(18(20)7-10-22(20)26-14-15-27-22)6-9-21(24-12-13-25-21)19(17)4-3-11-23/h16-19H,2-10,12-15H2,1H3/t16-,17+,18+,19?,20?/m1/s1. The lowest BCUT2D eigenvalue weighted by Gasteiger charge is -2.58. The number of hydrogen-bond donors (Lipinski definition) is 0. The number of nitrogens with zero attached hydrogens (tertiary/aromatic N) is 1. The molecule has 0 bridgehead atoms. The average molecular weight is 376 g/mol. The van der Waals surface area contributed by atoms with E-state index in [0.29, 0.717) is 43.3 Å². The predicted molar refractivity (Wildman–Crippen MR) is 98.5 cm³/mol. The molecule has 2 saturated heterocycles. The van der Waals surface area contributed by atoms with Gasteiger partial charge < -0.3 is 18.9 Å². The van der Waals surface area contributed by atoms with Gasteiger partial charge in [-0.2, -0.15) is 5.26 Å². The first-order valence-electron chi connectivity index (χ1n) is 11.1. The van der Waals surface area contributed by atoms with Gasteiger partial charge in [0, 0.05) is 30.6 Å². The molecule has 2 unspecified atom stereocenters. The molecule has 5 atom stereocenters. The zero-order valence-electron chi connectivity index (χ0n) is 16.6. The second kappa shape index (κ2) is 6.69. The largest absolute Gasteiger partial charge is 0.347 e. The molecule has 2 heterocycles. The zero-order valence-corrected chi connectivity index (χ0v) is 16.6. The first-order valence-corrected chi connectivity index (χ1v) is 11.1. The van der Waals surface area contributed by atoms with E-state index in [0.717, 1.165) is 38.9 Å². The normalized spacial score (nSPS) is 44.3. The van der Waals surface area contributed by atoms with Crippen LogP contribution in [0.2, 0.25) is 0 Å². The van der Waals surface area contributed by atoms with Gasteiger partial charge in [-0.1, -0.05) is 6.92 Å². The van der Waals surface area contributed by atoms with E-state index in [2.05, 4.69) is 13.0 Å². The number of rotatable bonds is 3. The number of ether oxygens (including phenoxy) is 4.